The fourth-order valence-corrected chi connectivity index (χ4v) is 2.27. The number of aliphatic hydroxyl groups excluding tert-OH is 1. The summed E-state index contributed by atoms with van der Waals surface area (Å²) in [6.07, 6.45) is 7.12. The van der Waals surface area contributed by atoms with Crippen LogP contribution in [0.15, 0.2) is 42.5 Å². The van der Waals surface area contributed by atoms with Crippen LogP contribution in [0.5, 0.6) is 5.75 Å². The second kappa shape index (κ2) is 7.28. The Morgan fingerprint density at radius 3 is 2.58 bits per heavy atom. The van der Waals surface area contributed by atoms with E-state index in [-0.39, 0.29) is 12.1 Å². The second-order valence-corrected chi connectivity index (χ2v) is 4.85. The summed E-state index contributed by atoms with van der Waals surface area (Å²) in [7, 11) is 0. The summed E-state index contributed by atoms with van der Waals surface area (Å²) >= 11 is 0. The van der Waals surface area contributed by atoms with E-state index in [9.17, 15) is 5.11 Å². The van der Waals surface area contributed by atoms with E-state index in [2.05, 4.69) is 17.5 Å². The molecule has 0 bridgehead atoms. The molecule has 0 spiro atoms. The van der Waals surface area contributed by atoms with Gasteiger partial charge in [-0.3, -0.25) is 5.32 Å². The zero-order chi connectivity index (χ0) is 13.5. The van der Waals surface area contributed by atoms with Crippen molar-refractivity contribution in [1.82, 2.24) is 5.32 Å². The number of ether oxygens (including phenoxy) is 1. The summed E-state index contributed by atoms with van der Waals surface area (Å²) in [6, 6.07) is 9.38. The molecule has 0 saturated heterocycles. The molecule has 3 atom stereocenters. The quantitative estimate of drug-likeness (QED) is 0.571. The highest BCUT2D eigenvalue weighted by Crippen LogP contribution is 2.14. The van der Waals surface area contributed by atoms with E-state index in [1.54, 1.807) is 0 Å². The zero-order valence-corrected chi connectivity index (χ0v) is 11.0. The van der Waals surface area contributed by atoms with Gasteiger partial charge in [-0.2, -0.15) is 0 Å². The minimum absolute atomic E-state index is 0.0407. The average molecular weight is 262 g/mol. The molecule has 104 valence electrons. The SMILES string of the molecule is NC1CC/C=C/CCC1NC(O)Oc1ccccc1. The van der Waals surface area contributed by atoms with Crippen molar-refractivity contribution in [3.05, 3.63) is 42.5 Å². The van der Waals surface area contributed by atoms with E-state index in [0.29, 0.717) is 5.75 Å². The van der Waals surface area contributed by atoms with E-state index in [0.717, 1.165) is 25.7 Å². The highest BCUT2D eigenvalue weighted by molar-refractivity contribution is 5.20. The molecular formula is C15H22N2O2. The predicted octanol–water partition coefficient (Wildman–Crippen LogP) is 1.76. The van der Waals surface area contributed by atoms with E-state index in [1.807, 2.05) is 30.3 Å². The molecule has 4 nitrogen and oxygen atoms in total. The lowest BCUT2D eigenvalue weighted by Gasteiger charge is -2.28. The molecule has 0 aliphatic heterocycles. The van der Waals surface area contributed by atoms with Crippen molar-refractivity contribution in [3.8, 4) is 5.75 Å². The van der Waals surface area contributed by atoms with Crippen LogP contribution >= 0.6 is 0 Å². The number of allylic oxidation sites excluding steroid dienone is 2. The maximum atomic E-state index is 9.93. The molecule has 19 heavy (non-hydrogen) atoms. The van der Waals surface area contributed by atoms with Crippen molar-refractivity contribution in [2.24, 2.45) is 5.73 Å². The number of para-hydroxylation sites is 1. The number of nitrogens with two attached hydrogens (primary N) is 1. The Balaban J connectivity index is 1.86. The van der Waals surface area contributed by atoms with E-state index in [4.69, 9.17) is 10.5 Å². The fraction of sp³-hybridized carbons (Fsp3) is 0.467. The zero-order valence-electron chi connectivity index (χ0n) is 11.0. The van der Waals surface area contributed by atoms with Crippen LogP contribution in [-0.2, 0) is 0 Å². The Kier molecular flexibility index (Phi) is 5.39. The van der Waals surface area contributed by atoms with Gasteiger partial charge in [-0.25, -0.2) is 0 Å². The van der Waals surface area contributed by atoms with Crippen molar-refractivity contribution in [2.45, 2.75) is 44.2 Å². The first-order valence-electron chi connectivity index (χ1n) is 6.82. The smallest absolute Gasteiger partial charge is 0.257 e. The van der Waals surface area contributed by atoms with Gasteiger partial charge in [0.2, 0.25) is 0 Å². The monoisotopic (exact) mass is 262 g/mol. The number of aliphatic hydroxyl groups is 1. The fourth-order valence-electron chi connectivity index (χ4n) is 2.27. The Bertz CT molecular complexity index is 394. The molecule has 3 unspecified atom stereocenters. The first-order chi connectivity index (χ1) is 9.25. The van der Waals surface area contributed by atoms with Gasteiger partial charge in [0.15, 0.2) is 0 Å². The van der Waals surface area contributed by atoms with Crippen molar-refractivity contribution >= 4 is 0 Å². The molecule has 2 rings (SSSR count). The van der Waals surface area contributed by atoms with Gasteiger partial charge in [-0.1, -0.05) is 30.4 Å². The van der Waals surface area contributed by atoms with Gasteiger partial charge in [-0.15, -0.1) is 0 Å². The lowest BCUT2D eigenvalue weighted by Crippen LogP contribution is -2.51. The molecule has 4 N–H and O–H groups in total. The van der Waals surface area contributed by atoms with Gasteiger partial charge in [0.1, 0.15) is 5.75 Å². The van der Waals surface area contributed by atoms with Gasteiger partial charge < -0.3 is 15.6 Å². The van der Waals surface area contributed by atoms with E-state index in [1.165, 1.54) is 0 Å². The maximum absolute atomic E-state index is 9.93. The molecule has 0 radical (unpaired) electrons. The molecule has 4 heteroatoms. The molecule has 1 aliphatic rings. The van der Waals surface area contributed by atoms with Gasteiger partial charge in [0.25, 0.3) is 6.41 Å². The highest BCUT2D eigenvalue weighted by Gasteiger charge is 2.21. The maximum Gasteiger partial charge on any atom is 0.257 e. The third kappa shape index (κ3) is 4.67. The lowest BCUT2D eigenvalue weighted by atomic mass is 9.96. The Morgan fingerprint density at radius 1 is 1.16 bits per heavy atom. The molecule has 0 saturated carbocycles. The second-order valence-electron chi connectivity index (χ2n) is 4.85. The summed E-state index contributed by atoms with van der Waals surface area (Å²) in [5.74, 6) is 0.641. The van der Waals surface area contributed by atoms with Crippen LogP contribution < -0.4 is 15.8 Å². The molecule has 1 aromatic rings. The van der Waals surface area contributed by atoms with Crippen LogP contribution in [0.25, 0.3) is 0 Å². The molecule has 0 fully saturated rings. The number of benzene rings is 1. The normalized spacial score (nSPS) is 27.1. The highest BCUT2D eigenvalue weighted by atomic mass is 16.6. The standard InChI is InChI=1S/C15H22N2O2/c16-13-10-6-1-2-7-11-14(13)17-15(18)19-12-8-4-3-5-9-12/h1-5,8-9,13-15,17-18H,6-7,10-11,16H2/b2-1+. The Hall–Kier alpha value is -1.36. The Labute approximate surface area is 114 Å². The third-order valence-electron chi connectivity index (χ3n) is 3.34. The summed E-state index contributed by atoms with van der Waals surface area (Å²) < 4.78 is 5.41. The Morgan fingerprint density at radius 2 is 1.84 bits per heavy atom. The van der Waals surface area contributed by atoms with Crippen LogP contribution in [0.3, 0.4) is 0 Å². The molecular weight excluding hydrogens is 240 g/mol. The van der Waals surface area contributed by atoms with Crippen molar-refractivity contribution in [3.63, 3.8) is 0 Å². The summed E-state index contributed by atoms with van der Waals surface area (Å²) in [5.41, 5.74) is 6.13. The number of hydrogen-bond acceptors (Lipinski definition) is 4. The number of nitrogens with one attached hydrogen (secondary N) is 1. The van der Waals surface area contributed by atoms with Crippen LogP contribution in [0, 0.1) is 0 Å². The van der Waals surface area contributed by atoms with Gasteiger partial charge >= 0.3 is 0 Å². The van der Waals surface area contributed by atoms with Crippen molar-refractivity contribution in [2.75, 3.05) is 0 Å². The minimum Gasteiger partial charge on any atom is -0.451 e. The average Bonchev–Trinajstić information content (AvgIpc) is 2.40. The molecule has 0 amide bonds. The number of hydrogen-bond donors (Lipinski definition) is 3. The summed E-state index contributed by atoms with van der Waals surface area (Å²) in [5, 5.41) is 13.0. The predicted molar refractivity (Wildman–Crippen MR) is 75.6 cm³/mol. The third-order valence-corrected chi connectivity index (χ3v) is 3.34. The van der Waals surface area contributed by atoms with Crippen LogP contribution in [0.1, 0.15) is 25.7 Å². The lowest BCUT2D eigenvalue weighted by molar-refractivity contribution is -0.0548. The van der Waals surface area contributed by atoms with Gasteiger partial charge in [-0.05, 0) is 37.8 Å². The van der Waals surface area contributed by atoms with Crippen molar-refractivity contribution in [1.29, 1.82) is 0 Å². The first kappa shape index (κ1) is 14.1. The first-order valence-corrected chi connectivity index (χ1v) is 6.82. The van der Waals surface area contributed by atoms with Crippen LogP contribution in [0.4, 0.5) is 0 Å². The molecule has 0 heterocycles. The molecule has 1 aromatic carbocycles. The van der Waals surface area contributed by atoms with E-state index >= 15 is 0 Å². The van der Waals surface area contributed by atoms with Gasteiger partial charge in [0.05, 0.1) is 0 Å². The van der Waals surface area contributed by atoms with Gasteiger partial charge in [0, 0.05) is 12.1 Å². The van der Waals surface area contributed by atoms with Crippen LogP contribution in [-0.4, -0.2) is 23.6 Å². The molecule has 0 aromatic heterocycles. The van der Waals surface area contributed by atoms with Crippen LogP contribution in [0.2, 0.25) is 0 Å². The largest absolute Gasteiger partial charge is 0.451 e. The summed E-state index contributed by atoms with van der Waals surface area (Å²) in [6.45, 7) is 0. The molecule has 1 aliphatic carbocycles. The number of rotatable bonds is 4. The van der Waals surface area contributed by atoms with E-state index < -0.39 is 6.41 Å². The minimum atomic E-state index is -1.03. The topological polar surface area (TPSA) is 67.5 Å². The summed E-state index contributed by atoms with van der Waals surface area (Å²) in [4.78, 5) is 0. The van der Waals surface area contributed by atoms with Crippen molar-refractivity contribution < 1.29 is 9.84 Å².